The van der Waals surface area contributed by atoms with E-state index >= 15 is 0 Å². The number of benzene rings is 2. The van der Waals surface area contributed by atoms with Gasteiger partial charge in [-0.2, -0.15) is 0 Å². The molecule has 0 unspecified atom stereocenters. The van der Waals surface area contributed by atoms with E-state index in [1.165, 1.54) is 21.8 Å². The summed E-state index contributed by atoms with van der Waals surface area (Å²) in [4.78, 5) is 45.0. The number of halogens is 1. The Kier molecular flexibility index (Phi) is 4.30. The zero-order valence-corrected chi connectivity index (χ0v) is 19.7. The van der Waals surface area contributed by atoms with Crippen molar-refractivity contribution in [3.05, 3.63) is 79.7 Å². The van der Waals surface area contributed by atoms with Gasteiger partial charge in [-0.05, 0) is 54.0 Å². The quantitative estimate of drug-likeness (QED) is 0.521. The van der Waals surface area contributed by atoms with Crippen LogP contribution < -0.4 is 9.77 Å². The third-order valence-electron chi connectivity index (χ3n) is 7.97. The molecule has 1 aromatic heterocycles. The van der Waals surface area contributed by atoms with Crippen LogP contribution in [0, 0.1) is 29.6 Å². The number of imide groups is 1. The Bertz CT molecular complexity index is 1350. The molecule has 7 atom stereocenters. The summed E-state index contributed by atoms with van der Waals surface area (Å²) >= 11 is 9.03. The van der Waals surface area contributed by atoms with Crippen molar-refractivity contribution in [3.63, 3.8) is 0 Å². The third kappa shape index (κ3) is 2.70. The number of hydrogen-bond acceptors (Lipinski definition) is 5. The monoisotopic (exact) mass is 494 g/mol. The number of carbonyl (C=O) groups excluding carboxylic acids is 2. The molecule has 1 N–H and O–H groups in total. The SMILES string of the molecule is O=C1[C@@H]2[C@H]3C[C@@H]([C@@H]4Sc5[nH]c(=O)sc5[C@H](c5ccccc5)[C@@H]34)[C@H]2C(=O)N1c1ccc(Cl)cc1. The second-order valence-electron chi connectivity index (χ2n) is 9.36. The maximum absolute atomic E-state index is 13.7. The second kappa shape index (κ2) is 7.08. The van der Waals surface area contributed by atoms with Crippen molar-refractivity contribution in [2.24, 2.45) is 29.6 Å². The molecular weight excluding hydrogens is 476 g/mol. The Hall–Kier alpha value is -2.35. The predicted molar refractivity (Wildman–Crippen MR) is 129 cm³/mol. The molecule has 3 heterocycles. The molecule has 5 nitrogen and oxygen atoms in total. The summed E-state index contributed by atoms with van der Waals surface area (Å²) in [7, 11) is 0. The van der Waals surface area contributed by atoms with E-state index in [4.69, 9.17) is 11.6 Å². The maximum atomic E-state index is 13.7. The van der Waals surface area contributed by atoms with Gasteiger partial charge in [-0.3, -0.25) is 19.3 Å². The Balaban J connectivity index is 1.33. The van der Waals surface area contributed by atoms with Gasteiger partial charge in [-0.15, -0.1) is 11.8 Å². The molecule has 2 amide bonds. The number of amides is 2. The highest BCUT2D eigenvalue weighted by molar-refractivity contribution is 8.00. The summed E-state index contributed by atoms with van der Waals surface area (Å²) in [5, 5.41) is 1.73. The predicted octanol–water partition coefficient (Wildman–Crippen LogP) is 4.77. The van der Waals surface area contributed by atoms with Crippen LogP contribution in [0.5, 0.6) is 0 Å². The van der Waals surface area contributed by atoms with E-state index in [0.29, 0.717) is 10.7 Å². The molecule has 2 saturated carbocycles. The smallest absolute Gasteiger partial charge is 0.305 e. The van der Waals surface area contributed by atoms with Crippen LogP contribution in [0.25, 0.3) is 0 Å². The molecule has 2 aromatic carbocycles. The van der Waals surface area contributed by atoms with Gasteiger partial charge < -0.3 is 4.98 Å². The molecule has 2 aliphatic carbocycles. The molecule has 3 fully saturated rings. The van der Waals surface area contributed by atoms with E-state index in [2.05, 4.69) is 17.1 Å². The minimum absolute atomic E-state index is 0.0398. The number of thioether (sulfide) groups is 1. The highest BCUT2D eigenvalue weighted by atomic mass is 35.5. The van der Waals surface area contributed by atoms with Gasteiger partial charge in [0.1, 0.15) is 0 Å². The summed E-state index contributed by atoms with van der Waals surface area (Å²) in [6, 6.07) is 17.2. The van der Waals surface area contributed by atoms with Gasteiger partial charge in [0.2, 0.25) is 11.8 Å². The normalized spacial score (nSPS) is 33.8. The number of H-pyrrole nitrogens is 1. The highest BCUT2D eigenvalue weighted by Gasteiger charge is 2.69. The average molecular weight is 495 g/mol. The minimum atomic E-state index is -0.288. The zero-order valence-electron chi connectivity index (χ0n) is 17.3. The number of aromatic nitrogens is 1. The molecule has 166 valence electrons. The lowest BCUT2D eigenvalue weighted by atomic mass is 9.68. The number of thiazole rings is 1. The van der Waals surface area contributed by atoms with Gasteiger partial charge in [0, 0.05) is 21.1 Å². The van der Waals surface area contributed by atoms with Crippen molar-refractivity contribution in [1.29, 1.82) is 0 Å². The van der Waals surface area contributed by atoms with Crippen molar-refractivity contribution in [1.82, 2.24) is 4.98 Å². The van der Waals surface area contributed by atoms with Crippen LogP contribution in [0.4, 0.5) is 5.69 Å². The molecule has 1 saturated heterocycles. The molecular formula is C25H19ClN2O3S2. The standard InChI is InChI=1S/C25H19ClN2O3S2/c26-12-6-8-13(9-7-12)28-23(29)18-14-10-15(19(18)24(28)30)20-17(14)16(11-4-2-1-3-5-11)21-22(32-20)27-25(31)33-21/h1-9,14-20H,10H2,(H,27,31)/t14-,15+,16+,17+,18+,19+,20-/m0/s1. The first kappa shape index (κ1) is 20.1. The van der Waals surface area contributed by atoms with Crippen LogP contribution in [0.3, 0.4) is 0 Å². The molecule has 2 bridgehead atoms. The number of aromatic amines is 1. The summed E-state index contributed by atoms with van der Waals surface area (Å²) < 4.78 is 0. The lowest BCUT2D eigenvalue weighted by Gasteiger charge is -2.43. The highest BCUT2D eigenvalue weighted by Crippen LogP contribution is 2.68. The van der Waals surface area contributed by atoms with Crippen LogP contribution in [0.2, 0.25) is 5.02 Å². The van der Waals surface area contributed by atoms with E-state index in [1.54, 1.807) is 36.0 Å². The van der Waals surface area contributed by atoms with Crippen LogP contribution in [-0.4, -0.2) is 22.0 Å². The molecule has 33 heavy (non-hydrogen) atoms. The zero-order chi connectivity index (χ0) is 22.4. The van der Waals surface area contributed by atoms with E-state index < -0.39 is 0 Å². The summed E-state index contributed by atoms with van der Waals surface area (Å²) in [6.45, 7) is 0. The van der Waals surface area contributed by atoms with Crippen molar-refractivity contribution in [3.8, 4) is 0 Å². The van der Waals surface area contributed by atoms with Gasteiger partial charge in [0.05, 0.1) is 22.5 Å². The molecule has 2 aliphatic heterocycles. The van der Waals surface area contributed by atoms with Crippen molar-refractivity contribution in [2.45, 2.75) is 22.6 Å². The number of carbonyl (C=O) groups is 2. The summed E-state index contributed by atoms with van der Waals surface area (Å²) in [5.74, 6) is -0.181. The largest absolute Gasteiger partial charge is 0.307 e. The van der Waals surface area contributed by atoms with Crippen molar-refractivity contribution >= 4 is 52.2 Å². The number of nitrogens with zero attached hydrogens (tertiary/aromatic N) is 1. The van der Waals surface area contributed by atoms with Gasteiger partial charge >= 0.3 is 4.87 Å². The van der Waals surface area contributed by atoms with Gasteiger partial charge in [-0.1, -0.05) is 53.3 Å². The summed E-state index contributed by atoms with van der Waals surface area (Å²) in [6.07, 6.45) is 0.895. The number of hydrogen-bond donors (Lipinski definition) is 1. The maximum Gasteiger partial charge on any atom is 0.305 e. The molecule has 4 aliphatic rings. The van der Waals surface area contributed by atoms with E-state index in [1.807, 2.05) is 18.2 Å². The molecule has 0 spiro atoms. The molecule has 0 radical (unpaired) electrons. The lowest BCUT2D eigenvalue weighted by Crippen LogP contribution is -2.42. The summed E-state index contributed by atoms with van der Waals surface area (Å²) in [5.41, 5.74) is 1.78. The number of rotatable bonds is 2. The Labute approximate surface area is 203 Å². The topological polar surface area (TPSA) is 70.2 Å². The molecule has 8 heteroatoms. The van der Waals surface area contributed by atoms with Crippen LogP contribution >= 0.6 is 34.7 Å². The van der Waals surface area contributed by atoms with E-state index in [9.17, 15) is 14.4 Å². The lowest BCUT2D eigenvalue weighted by molar-refractivity contribution is -0.123. The van der Waals surface area contributed by atoms with Crippen LogP contribution in [-0.2, 0) is 9.59 Å². The first-order valence-corrected chi connectivity index (χ1v) is 13.2. The number of nitrogens with one attached hydrogen (secondary N) is 1. The van der Waals surface area contributed by atoms with Gasteiger partial charge in [-0.25, -0.2) is 0 Å². The van der Waals surface area contributed by atoms with Crippen LogP contribution in [0.15, 0.2) is 64.4 Å². The Morgan fingerprint density at radius 1 is 0.909 bits per heavy atom. The fraction of sp³-hybridized carbons (Fsp3) is 0.320. The Morgan fingerprint density at radius 2 is 1.61 bits per heavy atom. The van der Waals surface area contributed by atoms with E-state index in [-0.39, 0.29) is 57.4 Å². The second-order valence-corrected chi connectivity index (χ2v) is 12.0. The average Bonchev–Trinajstić information content (AvgIpc) is 3.54. The first-order chi connectivity index (χ1) is 16.0. The fourth-order valence-corrected chi connectivity index (χ4v) is 9.91. The minimum Gasteiger partial charge on any atom is -0.307 e. The van der Waals surface area contributed by atoms with Crippen LogP contribution in [0.1, 0.15) is 22.8 Å². The van der Waals surface area contributed by atoms with Gasteiger partial charge in [0.15, 0.2) is 0 Å². The number of anilines is 1. The number of fused-ring (bicyclic) bond motifs is 9. The van der Waals surface area contributed by atoms with E-state index in [0.717, 1.165) is 16.3 Å². The van der Waals surface area contributed by atoms with Crippen molar-refractivity contribution < 1.29 is 9.59 Å². The van der Waals surface area contributed by atoms with Crippen molar-refractivity contribution in [2.75, 3.05) is 4.90 Å². The Morgan fingerprint density at radius 3 is 2.33 bits per heavy atom. The fourth-order valence-electron chi connectivity index (χ4n) is 6.90. The molecule has 3 aromatic rings. The first-order valence-electron chi connectivity index (χ1n) is 11.1. The third-order valence-corrected chi connectivity index (χ3v) is 10.8. The molecule has 7 rings (SSSR count). The van der Waals surface area contributed by atoms with Gasteiger partial charge in [0.25, 0.3) is 0 Å².